The second-order valence-corrected chi connectivity index (χ2v) is 4.37. The third kappa shape index (κ3) is 3.40. The van der Waals surface area contributed by atoms with Crippen molar-refractivity contribution in [2.24, 2.45) is 0 Å². The van der Waals surface area contributed by atoms with E-state index in [4.69, 9.17) is 0 Å². The Morgan fingerprint density at radius 2 is 1.93 bits per heavy atom. The zero-order valence-corrected chi connectivity index (χ0v) is 9.80. The maximum atomic E-state index is 11.4. The average molecular weight is 223 g/mol. The number of benzene rings is 1. The van der Waals surface area contributed by atoms with Gasteiger partial charge in [-0.3, -0.25) is 9.59 Å². The third-order valence-corrected chi connectivity index (χ3v) is 2.84. The molecule has 80 valence electrons. The highest BCUT2D eigenvalue weighted by Crippen LogP contribution is 2.21. The second-order valence-electron chi connectivity index (χ2n) is 3.35. The number of hydrogen-bond donors (Lipinski definition) is 0. The summed E-state index contributed by atoms with van der Waals surface area (Å²) in [4.78, 5) is 24.8. The Balaban J connectivity index is 2.83. The molecule has 15 heavy (non-hydrogen) atoms. The van der Waals surface area contributed by atoms with Crippen LogP contribution < -0.4 is 0 Å². The summed E-state index contributed by atoms with van der Waals surface area (Å²) in [5.74, 6) is 0.00903. The summed E-state index contributed by atoms with van der Waals surface area (Å²) in [7, 11) is 3.40. The van der Waals surface area contributed by atoms with Crippen molar-refractivity contribution in [2.75, 3.05) is 14.1 Å². The number of hydrogen-bond acceptors (Lipinski definition) is 3. The van der Waals surface area contributed by atoms with Gasteiger partial charge in [0.1, 0.15) is 0 Å². The van der Waals surface area contributed by atoms with E-state index in [-0.39, 0.29) is 11.0 Å². The van der Waals surface area contributed by atoms with Gasteiger partial charge in [0, 0.05) is 24.6 Å². The number of carbonyl (C=O) groups excluding carboxylic acids is 2. The Kier molecular flexibility index (Phi) is 3.91. The van der Waals surface area contributed by atoms with Crippen LogP contribution in [-0.4, -0.2) is 30.0 Å². The van der Waals surface area contributed by atoms with E-state index >= 15 is 0 Å². The number of rotatable bonds is 2. The fourth-order valence-corrected chi connectivity index (χ4v) is 1.69. The summed E-state index contributed by atoms with van der Waals surface area (Å²) in [5, 5.41) is -0.0456. The van der Waals surface area contributed by atoms with Crippen LogP contribution in [-0.2, 0) is 0 Å². The molecule has 0 aliphatic rings. The fraction of sp³-hybridized carbons (Fsp3) is 0.273. The van der Waals surface area contributed by atoms with Crippen LogP contribution in [0, 0.1) is 0 Å². The van der Waals surface area contributed by atoms with Gasteiger partial charge in [-0.25, -0.2) is 0 Å². The van der Waals surface area contributed by atoms with E-state index in [1.807, 2.05) is 6.07 Å². The summed E-state index contributed by atoms with van der Waals surface area (Å²) in [5.41, 5.74) is 0.631. The molecule has 0 N–H and O–H groups in total. The van der Waals surface area contributed by atoms with Gasteiger partial charge in [0.15, 0.2) is 5.78 Å². The van der Waals surface area contributed by atoms with Crippen LogP contribution in [0.5, 0.6) is 0 Å². The summed E-state index contributed by atoms with van der Waals surface area (Å²) in [6, 6.07) is 7.07. The zero-order chi connectivity index (χ0) is 11.4. The molecule has 0 saturated carbocycles. The number of amides is 1. The SMILES string of the molecule is CC(=O)c1cccc(SC(=O)N(C)C)c1. The van der Waals surface area contributed by atoms with Gasteiger partial charge in [0.2, 0.25) is 0 Å². The van der Waals surface area contributed by atoms with Crippen molar-refractivity contribution in [2.45, 2.75) is 11.8 Å². The molecular weight excluding hydrogens is 210 g/mol. The van der Waals surface area contributed by atoms with Gasteiger partial charge < -0.3 is 4.90 Å². The molecule has 0 bridgehead atoms. The summed E-state index contributed by atoms with van der Waals surface area (Å²) in [6.45, 7) is 1.51. The van der Waals surface area contributed by atoms with Gasteiger partial charge in [-0.1, -0.05) is 12.1 Å². The predicted octanol–water partition coefficient (Wildman–Crippen LogP) is 2.66. The third-order valence-electron chi connectivity index (χ3n) is 1.81. The van der Waals surface area contributed by atoms with Crippen molar-refractivity contribution >= 4 is 22.8 Å². The van der Waals surface area contributed by atoms with Gasteiger partial charge in [0.25, 0.3) is 5.24 Å². The number of ketones is 1. The molecule has 3 nitrogen and oxygen atoms in total. The highest BCUT2D eigenvalue weighted by atomic mass is 32.2. The quantitative estimate of drug-likeness (QED) is 0.571. The molecule has 1 rings (SSSR count). The first-order valence-corrected chi connectivity index (χ1v) is 5.32. The monoisotopic (exact) mass is 223 g/mol. The molecule has 0 unspecified atom stereocenters. The standard InChI is InChI=1S/C11H13NO2S/c1-8(13)9-5-4-6-10(7-9)15-11(14)12(2)3/h4-7H,1-3H3. The predicted molar refractivity (Wildman–Crippen MR) is 61.4 cm³/mol. The lowest BCUT2D eigenvalue weighted by molar-refractivity contribution is 0.101. The molecule has 0 spiro atoms. The number of carbonyl (C=O) groups is 2. The number of nitrogens with zero attached hydrogens (tertiary/aromatic N) is 1. The van der Waals surface area contributed by atoms with E-state index < -0.39 is 0 Å². The molecule has 0 radical (unpaired) electrons. The van der Waals surface area contributed by atoms with Crippen LogP contribution in [0.4, 0.5) is 4.79 Å². The minimum absolute atomic E-state index is 0.00903. The lowest BCUT2D eigenvalue weighted by atomic mass is 10.2. The Labute approximate surface area is 93.5 Å². The zero-order valence-electron chi connectivity index (χ0n) is 8.98. The van der Waals surface area contributed by atoms with Crippen molar-refractivity contribution in [3.63, 3.8) is 0 Å². The molecule has 0 aromatic heterocycles. The average Bonchev–Trinajstić information content (AvgIpc) is 2.18. The van der Waals surface area contributed by atoms with Crippen LogP contribution in [0.2, 0.25) is 0 Å². The van der Waals surface area contributed by atoms with Crippen molar-refractivity contribution in [1.82, 2.24) is 4.90 Å². The Morgan fingerprint density at radius 3 is 2.47 bits per heavy atom. The van der Waals surface area contributed by atoms with E-state index in [0.29, 0.717) is 5.56 Å². The molecule has 0 atom stereocenters. The summed E-state index contributed by atoms with van der Waals surface area (Å²) in [6.07, 6.45) is 0. The molecule has 0 aliphatic carbocycles. The molecule has 4 heteroatoms. The second kappa shape index (κ2) is 4.98. The van der Waals surface area contributed by atoms with Crippen LogP contribution in [0.3, 0.4) is 0 Å². The minimum atomic E-state index is -0.0456. The van der Waals surface area contributed by atoms with Crippen molar-refractivity contribution in [3.05, 3.63) is 29.8 Å². The van der Waals surface area contributed by atoms with Gasteiger partial charge >= 0.3 is 0 Å². The van der Waals surface area contributed by atoms with E-state index in [0.717, 1.165) is 16.7 Å². The smallest absolute Gasteiger partial charge is 0.285 e. The van der Waals surface area contributed by atoms with Gasteiger partial charge in [-0.05, 0) is 30.8 Å². The first-order valence-electron chi connectivity index (χ1n) is 4.51. The first kappa shape index (κ1) is 11.8. The van der Waals surface area contributed by atoms with Crippen molar-refractivity contribution < 1.29 is 9.59 Å². The highest BCUT2D eigenvalue weighted by Gasteiger charge is 2.07. The largest absolute Gasteiger partial charge is 0.339 e. The van der Waals surface area contributed by atoms with Crippen LogP contribution in [0.1, 0.15) is 17.3 Å². The molecule has 1 aromatic rings. The fourth-order valence-electron chi connectivity index (χ4n) is 0.971. The normalized spacial score (nSPS) is 9.80. The summed E-state index contributed by atoms with van der Waals surface area (Å²) < 4.78 is 0. The highest BCUT2D eigenvalue weighted by molar-refractivity contribution is 8.13. The van der Waals surface area contributed by atoms with Crippen LogP contribution in [0.25, 0.3) is 0 Å². The minimum Gasteiger partial charge on any atom is -0.339 e. The Hall–Kier alpha value is -1.29. The van der Waals surface area contributed by atoms with E-state index in [9.17, 15) is 9.59 Å². The van der Waals surface area contributed by atoms with Gasteiger partial charge in [-0.15, -0.1) is 0 Å². The van der Waals surface area contributed by atoms with Crippen LogP contribution >= 0.6 is 11.8 Å². The lowest BCUT2D eigenvalue weighted by Crippen LogP contribution is -2.16. The van der Waals surface area contributed by atoms with E-state index in [1.54, 1.807) is 32.3 Å². The maximum absolute atomic E-state index is 11.4. The number of Topliss-reactive ketones (excluding diaryl/α,β-unsaturated/α-hetero) is 1. The first-order chi connectivity index (χ1) is 7.00. The lowest BCUT2D eigenvalue weighted by Gasteiger charge is -2.09. The molecule has 0 heterocycles. The van der Waals surface area contributed by atoms with E-state index in [2.05, 4.69) is 0 Å². The molecule has 1 aromatic carbocycles. The van der Waals surface area contributed by atoms with Crippen molar-refractivity contribution in [1.29, 1.82) is 0 Å². The topological polar surface area (TPSA) is 37.4 Å². The summed E-state index contributed by atoms with van der Waals surface area (Å²) >= 11 is 1.12. The molecule has 0 fully saturated rings. The van der Waals surface area contributed by atoms with Crippen molar-refractivity contribution in [3.8, 4) is 0 Å². The molecule has 0 aliphatic heterocycles. The molecule has 0 saturated heterocycles. The van der Waals surface area contributed by atoms with Gasteiger partial charge in [0.05, 0.1) is 0 Å². The van der Waals surface area contributed by atoms with Gasteiger partial charge in [-0.2, -0.15) is 0 Å². The number of thioether (sulfide) groups is 1. The Morgan fingerprint density at radius 1 is 1.27 bits per heavy atom. The maximum Gasteiger partial charge on any atom is 0.285 e. The van der Waals surface area contributed by atoms with Crippen LogP contribution in [0.15, 0.2) is 29.2 Å². The van der Waals surface area contributed by atoms with E-state index in [1.165, 1.54) is 11.8 Å². The Bertz CT molecular complexity index is 388. The molecule has 1 amide bonds. The molecular formula is C11H13NO2S.